The van der Waals surface area contributed by atoms with Gasteiger partial charge in [0.1, 0.15) is 22.2 Å². The standard InChI is InChI=1S/C24H39F2N3O3S/c1-23(2,3)32-22(30)29-16-10-11-17-14-15-18(27-21(17)29)12-8-9-13-19(20(25)26)28(7)33(31)24(4,5)6/h14-15,19-20H,8-13,16H2,1-7H3/t19-,33?/m1/s1. The Morgan fingerprint density at radius 3 is 2.48 bits per heavy atom. The van der Waals surface area contributed by atoms with Gasteiger partial charge in [0.2, 0.25) is 0 Å². The van der Waals surface area contributed by atoms with E-state index in [0.717, 1.165) is 24.1 Å². The third-order valence-electron chi connectivity index (χ3n) is 5.44. The lowest BCUT2D eigenvalue weighted by atomic mass is 10.0. The number of hydrogen-bond donors (Lipinski definition) is 0. The summed E-state index contributed by atoms with van der Waals surface area (Å²) >= 11 is -1.50. The fraction of sp³-hybridized carbons (Fsp3) is 0.750. The van der Waals surface area contributed by atoms with Crippen molar-refractivity contribution in [3.8, 4) is 0 Å². The fourth-order valence-electron chi connectivity index (χ4n) is 3.79. The van der Waals surface area contributed by atoms with Crippen molar-refractivity contribution in [3.05, 3.63) is 23.4 Å². The monoisotopic (exact) mass is 487 g/mol. The van der Waals surface area contributed by atoms with Gasteiger partial charge in [0.05, 0.1) is 0 Å². The molecule has 33 heavy (non-hydrogen) atoms. The van der Waals surface area contributed by atoms with Gasteiger partial charge in [-0.3, -0.25) is 4.90 Å². The van der Waals surface area contributed by atoms with Crippen molar-refractivity contribution < 1.29 is 22.9 Å². The summed E-state index contributed by atoms with van der Waals surface area (Å²) in [5.74, 6) is 0.638. The number of carbonyl (C=O) groups excluding carboxylic acids is 1. The third-order valence-corrected chi connectivity index (χ3v) is 7.28. The number of ether oxygens (including phenoxy) is 1. The molecule has 0 aromatic carbocycles. The number of carbonyl (C=O) groups is 1. The largest absolute Gasteiger partial charge is 0.597 e. The number of aromatic nitrogens is 1. The average Bonchev–Trinajstić information content (AvgIpc) is 2.69. The van der Waals surface area contributed by atoms with Crippen LogP contribution in [0, 0.1) is 0 Å². The van der Waals surface area contributed by atoms with Gasteiger partial charge in [-0.2, -0.15) is 0 Å². The molecule has 1 aliphatic heterocycles. The van der Waals surface area contributed by atoms with E-state index in [2.05, 4.69) is 0 Å². The molecule has 0 radical (unpaired) electrons. The van der Waals surface area contributed by atoms with Gasteiger partial charge in [0, 0.05) is 30.6 Å². The number of rotatable bonds is 8. The van der Waals surface area contributed by atoms with E-state index in [1.807, 2.05) is 32.9 Å². The van der Waals surface area contributed by atoms with Crippen LogP contribution in [0.4, 0.5) is 19.4 Å². The number of pyridine rings is 1. The predicted molar refractivity (Wildman–Crippen MR) is 129 cm³/mol. The molecule has 0 saturated carbocycles. The normalized spacial score (nSPS) is 16.7. The molecule has 0 saturated heterocycles. The van der Waals surface area contributed by atoms with E-state index in [0.29, 0.717) is 31.6 Å². The third kappa shape index (κ3) is 8.07. The Labute approximate surface area is 200 Å². The van der Waals surface area contributed by atoms with Crippen LogP contribution in [0.25, 0.3) is 0 Å². The topological polar surface area (TPSA) is 68.7 Å². The van der Waals surface area contributed by atoms with Gasteiger partial charge in [-0.05, 0) is 85.3 Å². The average molecular weight is 488 g/mol. The fourth-order valence-corrected chi connectivity index (χ4v) is 5.10. The Morgan fingerprint density at radius 2 is 1.91 bits per heavy atom. The SMILES string of the molecule is CN([C@H](CCCCc1ccc2c(n1)N(C(=O)OC(C)(C)C)CCC2)C(F)F)[S+]([O-])C(C)(C)C. The number of fused-ring (bicyclic) bond motifs is 1. The number of hydrogen-bond acceptors (Lipinski definition) is 5. The number of halogens is 2. The van der Waals surface area contributed by atoms with Gasteiger partial charge < -0.3 is 9.29 Å². The number of unbranched alkanes of at least 4 members (excludes halogenated alkanes) is 1. The molecule has 2 atom stereocenters. The van der Waals surface area contributed by atoms with Crippen molar-refractivity contribution in [1.82, 2.24) is 9.29 Å². The molecule has 1 amide bonds. The van der Waals surface area contributed by atoms with Crippen molar-refractivity contribution in [1.29, 1.82) is 0 Å². The number of amides is 1. The van der Waals surface area contributed by atoms with Gasteiger partial charge in [-0.15, -0.1) is 4.31 Å². The molecule has 9 heteroatoms. The summed E-state index contributed by atoms with van der Waals surface area (Å²) in [7, 11) is 1.51. The maximum Gasteiger partial charge on any atom is 0.416 e. The van der Waals surface area contributed by atoms with E-state index in [9.17, 15) is 18.1 Å². The Balaban J connectivity index is 1.99. The van der Waals surface area contributed by atoms with E-state index in [1.54, 1.807) is 25.7 Å². The number of aryl methyl sites for hydroxylation is 2. The molecule has 0 spiro atoms. The molecule has 188 valence electrons. The van der Waals surface area contributed by atoms with Crippen LogP contribution in [0.3, 0.4) is 0 Å². The molecule has 1 aliphatic rings. The van der Waals surface area contributed by atoms with Crippen LogP contribution in [0.5, 0.6) is 0 Å². The molecular weight excluding hydrogens is 448 g/mol. The van der Waals surface area contributed by atoms with Crippen LogP contribution in [-0.2, 0) is 28.9 Å². The lowest BCUT2D eigenvalue weighted by Gasteiger charge is -2.34. The smallest absolute Gasteiger partial charge is 0.416 e. The van der Waals surface area contributed by atoms with Crippen molar-refractivity contribution in [2.75, 3.05) is 18.5 Å². The summed E-state index contributed by atoms with van der Waals surface area (Å²) < 4.78 is 46.0. The van der Waals surface area contributed by atoms with Gasteiger partial charge >= 0.3 is 6.09 Å². The molecule has 2 rings (SSSR count). The van der Waals surface area contributed by atoms with Gasteiger partial charge in [-0.1, -0.05) is 12.5 Å². The van der Waals surface area contributed by atoms with Crippen LogP contribution in [0.15, 0.2) is 12.1 Å². The summed E-state index contributed by atoms with van der Waals surface area (Å²) in [4.78, 5) is 18.9. The molecule has 2 heterocycles. The highest BCUT2D eigenvalue weighted by Crippen LogP contribution is 2.28. The van der Waals surface area contributed by atoms with Gasteiger partial charge in [0.25, 0.3) is 6.43 Å². The first-order valence-corrected chi connectivity index (χ1v) is 12.7. The molecule has 0 bridgehead atoms. The summed E-state index contributed by atoms with van der Waals surface area (Å²) in [5.41, 5.74) is 1.25. The minimum absolute atomic E-state index is 0.255. The van der Waals surface area contributed by atoms with Crippen molar-refractivity contribution in [2.24, 2.45) is 0 Å². The quantitative estimate of drug-likeness (QED) is 0.357. The number of alkyl halides is 2. The lowest BCUT2D eigenvalue weighted by Crippen LogP contribution is -2.48. The van der Waals surface area contributed by atoms with E-state index in [1.165, 1.54) is 11.4 Å². The molecule has 1 aromatic rings. The lowest BCUT2D eigenvalue weighted by molar-refractivity contribution is 0.0576. The van der Waals surface area contributed by atoms with E-state index in [-0.39, 0.29) is 6.42 Å². The molecule has 0 N–H and O–H groups in total. The number of anilines is 1. The zero-order valence-electron chi connectivity index (χ0n) is 21.0. The molecule has 1 unspecified atom stereocenters. The van der Waals surface area contributed by atoms with Gasteiger partial charge in [0.15, 0.2) is 0 Å². The van der Waals surface area contributed by atoms with Crippen LogP contribution in [0.1, 0.15) is 78.5 Å². The summed E-state index contributed by atoms with van der Waals surface area (Å²) in [5, 5.41) is 0. The zero-order chi connectivity index (χ0) is 25.0. The van der Waals surface area contributed by atoms with Crippen molar-refractivity contribution >= 4 is 23.3 Å². The second-order valence-corrected chi connectivity index (χ2v) is 12.9. The van der Waals surface area contributed by atoms with Crippen LogP contribution >= 0.6 is 0 Å². The molecule has 1 aromatic heterocycles. The first kappa shape index (κ1) is 27.8. The number of nitrogens with zero attached hydrogens (tertiary/aromatic N) is 3. The predicted octanol–water partition coefficient (Wildman–Crippen LogP) is 5.51. The molecule has 6 nitrogen and oxygen atoms in total. The Bertz CT molecular complexity index is 796. The second kappa shape index (κ2) is 11.3. The molecule has 0 fully saturated rings. The minimum atomic E-state index is -2.56. The maximum absolute atomic E-state index is 13.6. The zero-order valence-corrected chi connectivity index (χ0v) is 21.8. The summed E-state index contributed by atoms with van der Waals surface area (Å²) in [6, 6.07) is 2.89. The minimum Gasteiger partial charge on any atom is -0.597 e. The summed E-state index contributed by atoms with van der Waals surface area (Å²) in [6.07, 6.45) is 0.865. The molecule has 0 aliphatic carbocycles. The Hall–Kier alpha value is -1.45. The van der Waals surface area contributed by atoms with Gasteiger partial charge in [-0.25, -0.2) is 18.6 Å². The highest BCUT2D eigenvalue weighted by molar-refractivity contribution is 7.90. The molecular formula is C24H39F2N3O3S. The first-order chi connectivity index (χ1) is 15.2. The van der Waals surface area contributed by atoms with Crippen molar-refractivity contribution in [2.45, 2.75) is 103 Å². The van der Waals surface area contributed by atoms with Crippen LogP contribution in [0.2, 0.25) is 0 Å². The van der Waals surface area contributed by atoms with Crippen LogP contribution in [-0.4, -0.2) is 56.3 Å². The van der Waals surface area contributed by atoms with Crippen LogP contribution < -0.4 is 4.90 Å². The second-order valence-electron chi connectivity index (χ2n) is 10.6. The highest BCUT2D eigenvalue weighted by atomic mass is 32.2. The summed E-state index contributed by atoms with van der Waals surface area (Å²) in [6.45, 7) is 11.4. The van der Waals surface area contributed by atoms with E-state index >= 15 is 0 Å². The Morgan fingerprint density at radius 1 is 1.24 bits per heavy atom. The first-order valence-electron chi connectivity index (χ1n) is 11.6. The van der Waals surface area contributed by atoms with E-state index < -0.39 is 40.3 Å². The maximum atomic E-state index is 13.6. The Kier molecular flexibility index (Phi) is 9.53. The van der Waals surface area contributed by atoms with E-state index in [4.69, 9.17) is 9.72 Å². The van der Waals surface area contributed by atoms with Crippen molar-refractivity contribution in [3.63, 3.8) is 0 Å². The highest BCUT2D eigenvalue weighted by Gasteiger charge is 2.38.